The van der Waals surface area contributed by atoms with Crippen molar-refractivity contribution in [3.63, 3.8) is 0 Å². The van der Waals surface area contributed by atoms with Gasteiger partial charge in [0.25, 0.3) is 0 Å². The van der Waals surface area contributed by atoms with Crippen LogP contribution >= 0.6 is 11.3 Å². The zero-order chi connectivity index (χ0) is 12.9. The Morgan fingerprint density at radius 1 is 1.26 bits per heavy atom. The molecule has 0 aliphatic rings. The van der Waals surface area contributed by atoms with Gasteiger partial charge < -0.3 is 4.42 Å². The van der Waals surface area contributed by atoms with Crippen LogP contribution in [0.25, 0.3) is 10.8 Å². The topological polar surface area (TPSA) is 63.3 Å². The highest BCUT2D eigenvalue weighted by molar-refractivity contribution is 7.13. The number of pyridine rings is 1. The number of rotatable bonds is 4. The SMILES string of the molecule is C(=N\Nc1ccncc1)/c1csc(-c2ccco2)n1. The summed E-state index contributed by atoms with van der Waals surface area (Å²) in [6.07, 6.45) is 6.71. The molecule has 0 saturated heterocycles. The van der Waals surface area contributed by atoms with Gasteiger partial charge in [0.05, 0.1) is 23.9 Å². The van der Waals surface area contributed by atoms with Crippen molar-refractivity contribution >= 4 is 23.2 Å². The van der Waals surface area contributed by atoms with Crippen LogP contribution in [-0.4, -0.2) is 16.2 Å². The van der Waals surface area contributed by atoms with Gasteiger partial charge in [0.15, 0.2) is 10.8 Å². The minimum Gasteiger partial charge on any atom is -0.462 e. The first-order chi connectivity index (χ1) is 9.42. The third-order valence-corrected chi connectivity index (χ3v) is 3.20. The molecule has 0 bridgehead atoms. The standard InChI is InChI=1S/C13H10N4OS/c1-2-12(18-7-1)13-16-11(9-19-13)8-15-17-10-3-5-14-6-4-10/h1-9H,(H,14,17)/b15-8+. The van der Waals surface area contributed by atoms with E-state index in [4.69, 9.17) is 4.42 Å². The van der Waals surface area contributed by atoms with Gasteiger partial charge in [-0.05, 0) is 24.3 Å². The van der Waals surface area contributed by atoms with Crippen LogP contribution in [-0.2, 0) is 0 Å². The Morgan fingerprint density at radius 3 is 2.95 bits per heavy atom. The fourth-order valence-corrected chi connectivity index (χ4v) is 2.19. The number of hydrogen-bond acceptors (Lipinski definition) is 6. The maximum absolute atomic E-state index is 5.29. The lowest BCUT2D eigenvalue weighted by Gasteiger charge is -1.96. The highest BCUT2D eigenvalue weighted by Crippen LogP contribution is 2.23. The largest absolute Gasteiger partial charge is 0.462 e. The van der Waals surface area contributed by atoms with Crippen molar-refractivity contribution in [3.8, 4) is 10.8 Å². The molecule has 0 saturated carbocycles. The van der Waals surface area contributed by atoms with E-state index in [2.05, 4.69) is 20.5 Å². The second kappa shape index (κ2) is 5.45. The summed E-state index contributed by atoms with van der Waals surface area (Å²) in [4.78, 5) is 8.34. The molecule has 0 spiro atoms. The predicted molar refractivity (Wildman–Crippen MR) is 75.3 cm³/mol. The van der Waals surface area contributed by atoms with Crippen molar-refractivity contribution in [2.24, 2.45) is 5.10 Å². The van der Waals surface area contributed by atoms with E-state index in [9.17, 15) is 0 Å². The molecule has 0 unspecified atom stereocenters. The van der Waals surface area contributed by atoms with Gasteiger partial charge in [-0.15, -0.1) is 11.3 Å². The summed E-state index contributed by atoms with van der Waals surface area (Å²) in [5, 5.41) is 6.89. The third-order valence-electron chi connectivity index (χ3n) is 2.32. The number of nitrogens with one attached hydrogen (secondary N) is 1. The van der Waals surface area contributed by atoms with Crippen LogP contribution in [0.15, 0.2) is 57.8 Å². The number of hydrogen-bond donors (Lipinski definition) is 1. The Morgan fingerprint density at radius 2 is 2.16 bits per heavy atom. The van der Waals surface area contributed by atoms with Gasteiger partial charge in [-0.1, -0.05) is 0 Å². The van der Waals surface area contributed by atoms with E-state index in [1.54, 1.807) is 24.9 Å². The lowest BCUT2D eigenvalue weighted by Crippen LogP contribution is -1.90. The molecule has 3 aromatic heterocycles. The van der Waals surface area contributed by atoms with Gasteiger partial charge in [0.1, 0.15) is 0 Å². The average molecular weight is 270 g/mol. The fraction of sp³-hybridized carbons (Fsp3) is 0. The maximum Gasteiger partial charge on any atom is 0.162 e. The smallest absolute Gasteiger partial charge is 0.162 e. The van der Waals surface area contributed by atoms with E-state index in [0.29, 0.717) is 0 Å². The van der Waals surface area contributed by atoms with Gasteiger partial charge >= 0.3 is 0 Å². The van der Waals surface area contributed by atoms with Crippen LogP contribution in [0, 0.1) is 0 Å². The highest BCUT2D eigenvalue weighted by atomic mass is 32.1. The van der Waals surface area contributed by atoms with Crippen LogP contribution < -0.4 is 5.43 Å². The fourth-order valence-electron chi connectivity index (χ4n) is 1.46. The molecule has 5 nitrogen and oxygen atoms in total. The van der Waals surface area contributed by atoms with Crippen molar-refractivity contribution in [2.45, 2.75) is 0 Å². The third kappa shape index (κ3) is 2.86. The molecule has 19 heavy (non-hydrogen) atoms. The second-order valence-electron chi connectivity index (χ2n) is 3.66. The van der Waals surface area contributed by atoms with Crippen molar-refractivity contribution in [2.75, 3.05) is 5.43 Å². The quantitative estimate of drug-likeness (QED) is 0.584. The Balaban J connectivity index is 1.67. The number of aromatic nitrogens is 2. The molecule has 0 fully saturated rings. The second-order valence-corrected chi connectivity index (χ2v) is 4.52. The summed E-state index contributed by atoms with van der Waals surface area (Å²) in [6, 6.07) is 7.41. The highest BCUT2D eigenvalue weighted by Gasteiger charge is 2.05. The lowest BCUT2D eigenvalue weighted by molar-refractivity contribution is 0.582. The van der Waals surface area contributed by atoms with E-state index in [1.807, 2.05) is 29.6 Å². The lowest BCUT2D eigenvalue weighted by atomic mass is 10.4. The summed E-state index contributed by atoms with van der Waals surface area (Å²) in [5.74, 6) is 0.770. The molecule has 6 heteroatoms. The van der Waals surface area contributed by atoms with E-state index >= 15 is 0 Å². The summed E-state index contributed by atoms with van der Waals surface area (Å²) >= 11 is 1.52. The van der Waals surface area contributed by atoms with Crippen molar-refractivity contribution < 1.29 is 4.42 Å². The Labute approximate surface area is 113 Å². The summed E-state index contributed by atoms with van der Waals surface area (Å²) < 4.78 is 5.29. The monoisotopic (exact) mass is 270 g/mol. The average Bonchev–Trinajstić information content (AvgIpc) is 3.10. The van der Waals surface area contributed by atoms with Crippen LogP contribution in [0.1, 0.15) is 5.69 Å². The molecule has 0 atom stereocenters. The zero-order valence-electron chi connectivity index (χ0n) is 9.85. The van der Waals surface area contributed by atoms with Crippen LogP contribution in [0.4, 0.5) is 5.69 Å². The molecule has 0 amide bonds. The van der Waals surface area contributed by atoms with Crippen molar-refractivity contribution in [1.29, 1.82) is 0 Å². The van der Waals surface area contributed by atoms with Gasteiger partial charge in [-0.25, -0.2) is 4.98 Å². The van der Waals surface area contributed by atoms with Gasteiger partial charge in [0, 0.05) is 17.8 Å². The maximum atomic E-state index is 5.29. The number of hydrazone groups is 1. The van der Waals surface area contributed by atoms with Gasteiger partial charge in [-0.3, -0.25) is 10.4 Å². The Bertz CT molecular complexity index is 661. The minimum absolute atomic E-state index is 0.770. The molecule has 0 aliphatic heterocycles. The van der Waals surface area contributed by atoms with Crippen LogP contribution in [0.3, 0.4) is 0 Å². The Hall–Kier alpha value is -2.47. The molecule has 0 aromatic carbocycles. The number of furan rings is 1. The summed E-state index contributed by atoms with van der Waals surface area (Å²) in [6.45, 7) is 0. The molecule has 3 rings (SSSR count). The van der Waals surface area contributed by atoms with E-state index in [1.165, 1.54) is 11.3 Å². The first-order valence-electron chi connectivity index (χ1n) is 5.60. The van der Waals surface area contributed by atoms with Crippen molar-refractivity contribution in [3.05, 3.63) is 54.0 Å². The molecular weight excluding hydrogens is 260 g/mol. The summed E-state index contributed by atoms with van der Waals surface area (Å²) in [7, 11) is 0. The van der Waals surface area contributed by atoms with E-state index in [0.717, 1.165) is 22.1 Å². The Kier molecular flexibility index (Phi) is 3.33. The molecule has 0 radical (unpaired) electrons. The summed E-state index contributed by atoms with van der Waals surface area (Å²) in [5.41, 5.74) is 4.58. The molecule has 0 aliphatic carbocycles. The number of nitrogens with zero attached hydrogens (tertiary/aromatic N) is 3. The minimum atomic E-state index is 0.770. The van der Waals surface area contributed by atoms with Gasteiger partial charge in [-0.2, -0.15) is 5.10 Å². The molecular formula is C13H10N4OS. The normalized spacial score (nSPS) is 10.9. The van der Waals surface area contributed by atoms with Crippen LogP contribution in [0.5, 0.6) is 0 Å². The first kappa shape index (κ1) is 11.6. The van der Waals surface area contributed by atoms with Gasteiger partial charge in [0.2, 0.25) is 0 Å². The molecule has 3 heterocycles. The number of thiazole rings is 1. The molecule has 3 aromatic rings. The molecule has 94 valence electrons. The van der Waals surface area contributed by atoms with Crippen molar-refractivity contribution in [1.82, 2.24) is 9.97 Å². The predicted octanol–water partition coefficient (Wildman–Crippen LogP) is 3.24. The first-order valence-corrected chi connectivity index (χ1v) is 6.48. The van der Waals surface area contributed by atoms with E-state index in [-0.39, 0.29) is 0 Å². The molecule has 1 N–H and O–H groups in total. The van der Waals surface area contributed by atoms with Crippen LogP contribution in [0.2, 0.25) is 0 Å². The van der Waals surface area contributed by atoms with E-state index < -0.39 is 0 Å². The zero-order valence-corrected chi connectivity index (χ0v) is 10.7. The number of anilines is 1.